The number of fused-ring (bicyclic) bond motifs is 1. The molecular weight excluding hydrogens is 547 g/mol. The zero-order valence-corrected chi connectivity index (χ0v) is 24.0. The van der Waals surface area contributed by atoms with Crippen molar-refractivity contribution in [1.82, 2.24) is 25.2 Å². The van der Waals surface area contributed by atoms with Crippen LogP contribution in [0.15, 0.2) is 54.6 Å². The molecule has 0 radical (unpaired) electrons. The number of benzene rings is 1. The van der Waals surface area contributed by atoms with Gasteiger partial charge in [0.25, 0.3) is 5.91 Å². The average molecular weight is 580 g/mol. The molecule has 0 spiro atoms. The molecule has 1 fully saturated rings. The summed E-state index contributed by atoms with van der Waals surface area (Å²) in [5.74, 6) is 0.783. The Balaban J connectivity index is 0.00000400. The molecule has 204 valence electrons. The zero-order chi connectivity index (χ0) is 26.4. The third kappa shape index (κ3) is 7.41. The minimum atomic E-state index is -0.241. The van der Waals surface area contributed by atoms with E-state index in [1.165, 1.54) is 7.11 Å². The number of rotatable bonds is 9. The summed E-state index contributed by atoms with van der Waals surface area (Å²) in [6.45, 7) is 7.65. The summed E-state index contributed by atoms with van der Waals surface area (Å²) in [5.41, 5.74) is 1.75. The molecule has 2 unspecified atom stereocenters. The maximum absolute atomic E-state index is 12.6. The number of halogens is 3. The number of anilines is 1. The Morgan fingerprint density at radius 2 is 1.84 bits per heavy atom. The Morgan fingerprint density at radius 3 is 2.53 bits per heavy atom. The number of carbonyl (C=O) groups excluding carboxylic acids is 1. The van der Waals surface area contributed by atoms with Gasteiger partial charge in [-0.3, -0.25) is 9.69 Å². The number of allylic oxidation sites excluding steroid dienone is 2. The van der Waals surface area contributed by atoms with Gasteiger partial charge in [0.1, 0.15) is 0 Å². The van der Waals surface area contributed by atoms with Crippen molar-refractivity contribution in [1.29, 1.82) is 0 Å². The average Bonchev–Trinajstić information content (AvgIpc) is 3.27. The van der Waals surface area contributed by atoms with Crippen LogP contribution in [-0.4, -0.2) is 71.1 Å². The van der Waals surface area contributed by atoms with Gasteiger partial charge in [0.2, 0.25) is 5.95 Å². The molecule has 2 N–H and O–H groups in total. The van der Waals surface area contributed by atoms with Crippen LogP contribution in [-0.2, 0) is 9.53 Å². The lowest BCUT2D eigenvalue weighted by Crippen LogP contribution is -2.57. The van der Waals surface area contributed by atoms with Crippen LogP contribution in [0, 0.1) is 0 Å². The molecule has 1 saturated heterocycles. The van der Waals surface area contributed by atoms with Crippen molar-refractivity contribution in [2.45, 2.75) is 32.4 Å². The summed E-state index contributed by atoms with van der Waals surface area (Å²) >= 11 is 12.2. The van der Waals surface area contributed by atoms with Crippen LogP contribution in [0.5, 0.6) is 0 Å². The minimum absolute atomic E-state index is 0. The number of nitrogens with one attached hydrogen (secondary N) is 2. The van der Waals surface area contributed by atoms with Gasteiger partial charge in [0.05, 0.1) is 17.2 Å². The molecule has 0 saturated carbocycles. The molecule has 0 aliphatic carbocycles. The predicted molar refractivity (Wildman–Crippen MR) is 157 cm³/mol. The van der Waals surface area contributed by atoms with Crippen LogP contribution in [0.2, 0.25) is 10.0 Å². The van der Waals surface area contributed by atoms with E-state index >= 15 is 0 Å². The molecule has 4 rings (SSSR count). The standard InChI is InChI=1S/C27H32Cl2N6O2.ClH/c1-18-16-34(27-31-9-5-10-32-27)17-19(2)35(18)12-6-11-30-26(36)25(37-3)8-4-7-21-13-20-14-22(28)23(29)15-24(20)33-21;/h4-5,7-10,13-15,18-19,33H,6,11-12,16-17H2,1-3H3,(H,30,36);1H/b7-4+,25-8-;. The summed E-state index contributed by atoms with van der Waals surface area (Å²) in [6.07, 6.45) is 9.67. The molecule has 2 atom stereocenters. The molecule has 0 bridgehead atoms. The van der Waals surface area contributed by atoms with E-state index in [9.17, 15) is 4.79 Å². The summed E-state index contributed by atoms with van der Waals surface area (Å²) in [5, 5.41) is 4.93. The van der Waals surface area contributed by atoms with Crippen molar-refractivity contribution >= 4 is 64.4 Å². The van der Waals surface area contributed by atoms with Gasteiger partial charge >= 0.3 is 0 Å². The first-order valence-electron chi connectivity index (χ1n) is 12.3. The van der Waals surface area contributed by atoms with E-state index < -0.39 is 0 Å². The molecule has 8 nitrogen and oxygen atoms in total. The molecular formula is C27H33Cl3N6O2. The largest absolute Gasteiger partial charge is 0.491 e. The Bertz CT molecular complexity index is 1230. The molecule has 11 heteroatoms. The van der Waals surface area contributed by atoms with Crippen molar-refractivity contribution in [3.8, 4) is 0 Å². The predicted octanol–water partition coefficient (Wildman–Crippen LogP) is 5.34. The van der Waals surface area contributed by atoms with Gasteiger partial charge in [-0.2, -0.15) is 0 Å². The van der Waals surface area contributed by atoms with Crippen LogP contribution in [0.25, 0.3) is 17.0 Å². The summed E-state index contributed by atoms with van der Waals surface area (Å²) in [7, 11) is 1.49. The van der Waals surface area contributed by atoms with E-state index in [0.29, 0.717) is 28.7 Å². The number of hydrogen-bond donors (Lipinski definition) is 2. The molecule has 1 aliphatic heterocycles. The van der Waals surface area contributed by atoms with Gasteiger partial charge in [-0.15, -0.1) is 12.4 Å². The first-order chi connectivity index (χ1) is 17.9. The SMILES string of the molecule is CO/C(=C\C=C\c1cc2cc(Cl)c(Cl)cc2[nH]1)C(=O)NCCCN1C(C)CN(c2ncccn2)CC1C.Cl. The highest BCUT2D eigenvalue weighted by atomic mass is 35.5. The summed E-state index contributed by atoms with van der Waals surface area (Å²) in [4.78, 5) is 29.3. The normalized spacial score (nSPS) is 18.6. The van der Waals surface area contributed by atoms with Crippen molar-refractivity contribution < 1.29 is 9.53 Å². The first-order valence-corrected chi connectivity index (χ1v) is 13.1. The number of nitrogens with zero attached hydrogens (tertiary/aromatic N) is 4. The third-order valence-corrected chi connectivity index (χ3v) is 7.19. The van der Waals surface area contributed by atoms with Gasteiger partial charge in [-0.25, -0.2) is 9.97 Å². The molecule has 3 aromatic rings. The van der Waals surface area contributed by atoms with Crippen molar-refractivity contribution in [3.05, 3.63) is 70.3 Å². The quantitative estimate of drug-likeness (QED) is 0.154. The lowest BCUT2D eigenvalue weighted by atomic mass is 10.1. The fraction of sp³-hybridized carbons (Fsp3) is 0.370. The second-order valence-electron chi connectivity index (χ2n) is 9.17. The second-order valence-corrected chi connectivity index (χ2v) is 9.99. The molecule has 1 aromatic carbocycles. The maximum Gasteiger partial charge on any atom is 0.286 e. The second kappa shape index (κ2) is 13.8. The Morgan fingerprint density at radius 1 is 1.16 bits per heavy atom. The van der Waals surface area contributed by atoms with Gasteiger partial charge in [0, 0.05) is 67.3 Å². The highest BCUT2D eigenvalue weighted by molar-refractivity contribution is 6.42. The van der Waals surface area contributed by atoms with Gasteiger partial charge in [-0.1, -0.05) is 29.3 Å². The van der Waals surface area contributed by atoms with Crippen LogP contribution in [0.3, 0.4) is 0 Å². The fourth-order valence-electron chi connectivity index (χ4n) is 4.68. The molecule has 38 heavy (non-hydrogen) atoms. The van der Waals surface area contributed by atoms with E-state index in [-0.39, 0.29) is 24.1 Å². The number of aromatic nitrogens is 3. The van der Waals surface area contributed by atoms with Crippen LogP contribution < -0.4 is 10.2 Å². The Labute approximate surface area is 239 Å². The smallest absolute Gasteiger partial charge is 0.286 e. The Kier molecular flexibility index (Phi) is 10.8. The number of hydrogen-bond acceptors (Lipinski definition) is 6. The number of ether oxygens (including phenoxy) is 1. The topological polar surface area (TPSA) is 86.4 Å². The minimum Gasteiger partial charge on any atom is -0.491 e. The number of methoxy groups -OCH3 is 1. The number of piperazine rings is 1. The van der Waals surface area contributed by atoms with Crippen LogP contribution in [0.1, 0.15) is 26.0 Å². The van der Waals surface area contributed by atoms with Gasteiger partial charge in [0.15, 0.2) is 5.76 Å². The highest BCUT2D eigenvalue weighted by Crippen LogP contribution is 2.28. The number of H-pyrrole nitrogens is 1. The number of amides is 1. The van der Waals surface area contributed by atoms with E-state index in [4.69, 9.17) is 27.9 Å². The lowest BCUT2D eigenvalue weighted by Gasteiger charge is -2.44. The Hall–Kier alpha value is -2.78. The van der Waals surface area contributed by atoms with Crippen molar-refractivity contribution in [2.75, 3.05) is 38.2 Å². The van der Waals surface area contributed by atoms with E-state index in [1.54, 1.807) is 30.6 Å². The molecule has 3 heterocycles. The third-order valence-electron chi connectivity index (χ3n) is 6.46. The molecule has 1 amide bonds. The van der Waals surface area contributed by atoms with Crippen LogP contribution >= 0.6 is 35.6 Å². The number of carbonyl (C=O) groups is 1. The zero-order valence-electron chi connectivity index (χ0n) is 21.7. The number of aromatic amines is 1. The van der Waals surface area contributed by atoms with Gasteiger partial charge < -0.3 is 19.9 Å². The highest BCUT2D eigenvalue weighted by Gasteiger charge is 2.30. The molecule has 1 aliphatic rings. The summed E-state index contributed by atoms with van der Waals surface area (Å²) in [6, 6.07) is 8.12. The first kappa shape index (κ1) is 29.8. The van der Waals surface area contributed by atoms with Crippen molar-refractivity contribution in [3.63, 3.8) is 0 Å². The van der Waals surface area contributed by atoms with E-state index in [1.807, 2.05) is 24.3 Å². The van der Waals surface area contributed by atoms with Gasteiger partial charge in [-0.05, 0) is 56.7 Å². The fourth-order valence-corrected chi connectivity index (χ4v) is 5.02. The van der Waals surface area contributed by atoms with Crippen molar-refractivity contribution in [2.24, 2.45) is 0 Å². The monoisotopic (exact) mass is 578 g/mol. The molecule has 2 aromatic heterocycles. The summed E-state index contributed by atoms with van der Waals surface area (Å²) < 4.78 is 5.30. The van der Waals surface area contributed by atoms with E-state index in [2.05, 4.69) is 43.9 Å². The maximum atomic E-state index is 12.6. The van der Waals surface area contributed by atoms with Crippen LogP contribution in [0.4, 0.5) is 5.95 Å². The lowest BCUT2D eigenvalue weighted by molar-refractivity contribution is -0.120. The van der Waals surface area contributed by atoms with E-state index in [0.717, 1.165) is 48.6 Å².